The highest BCUT2D eigenvalue weighted by atomic mass is 32.2. The second-order valence-electron chi connectivity index (χ2n) is 6.28. The number of carboxylic acids is 1. The largest absolute Gasteiger partial charge is 0.480 e. The summed E-state index contributed by atoms with van der Waals surface area (Å²) in [6, 6.07) is -4.89. The van der Waals surface area contributed by atoms with E-state index in [2.05, 4.69) is 28.6 Å². The fourth-order valence-corrected chi connectivity index (χ4v) is 2.86. The number of rotatable bonds is 15. The van der Waals surface area contributed by atoms with Gasteiger partial charge in [-0.3, -0.25) is 19.2 Å². The van der Waals surface area contributed by atoms with Crippen LogP contribution in [0.2, 0.25) is 0 Å². The molecule has 0 saturated carbocycles. The molecule has 4 amide bonds. The third-order valence-corrected chi connectivity index (χ3v) is 4.90. The Morgan fingerprint density at radius 2 is 1.50 bits per heavy atom. The van der Waals surface area contributed by atoms with Crippen LogP contribution in [0, 0.1) is 0 Å². The van der Waals surface area contributed by atoms with Gasteiger partial charge in [-0.05, 0) is 24.9 Å². The van der Waals surface area contributed by atoms with Gasteiger partial charge in [0.2, 0.25) is 23.6 Å². The average molecular weight is 468 g/mol. The van der Waals surface area contributed by atoms with E-state index < -0.39 is 60.4 Å². The molecule has 0 aromatic rings. The van der Waals surface area contributed by atoms with E-state index in [9.17, 15) is 29.1 Å². The summed E-state index contributed by atoms with van der Waals surface area (Å²) in [6.45, 7) is -0.794. The minimum Gasteiger partial charge on any atom is -0.480 e. The molecular weight excluding hydrogens is 438 g/mol. The maximum absolute atomic E-state index is 12.4. The fraction of sp³-hybridized carbons (Fsp3) is 0.688. The number of amides is 4. The van der Waals surface area contributed by atoms with Crippen molar-refractivity contribution in [2.75, 3.05) is 24.4 Å². The number of nitrogens with one attached hydrogen (secondary N) is 3. The number of thioether (sulfide) groups is 1. The number of nitrogens with two attached hydrogens (primary N) is 2. The van der Waals surface area contributed by atoms with Crippen molar-refractivity contribution in [3.8, 4) is 0 Å². The van der Waals surface area contributed by atoms with Gasteiger partial charge in [-0.1, -0.05) is 0 Å². The summed E-state index contributed by atoms with van der Waals surface area (Å²) < 4.78 is 0. The Bertz CT molecular complexity index is 623. The summed E-state index contributed by atoms with van der Waals surface area (Å²) in [5, 5.41) is 25.4. The van der Waals surface area contributed by atoms with Gasteiger partial charge in [0.05, 0.1) is 12.6 Å². The van der Waals surface area contributed by atoms with Crippen molar-refractivity contribution in [1.82, 2.24) is 16.0 Å². The normalized spacial score (nSPS) is 14.7. The zero-order valence-corrected chi connectivity index (χ0v) is 18.2. The predicted octanol–water partition coefficient (Wildman–Crippen LogP) is -3.21. The number of thiol groups is 1. The van der Waals surface area contributed by atoms with E-state index in [1.807, 2.05) is 0 Å². The molecule has 0 radical (unpaired) electrons. The standard InChI is InChI=1S/C16H29N5O7S2/c1-30-5-4-9(16(27)28)19-14(25)10(6-22)20-15(26)11(7-29)21-13(24)8(17)2-3-12(18)23/h8-11,22,29H,2-7,17H2,1H3,(H2,18,23)(H,19,25)(H,20,26)(H,21,24)(H,27,28). The molecule has 0 aromatic carbocycles. The number of aliphatic hydroxyl groups excluding tert-OH is 1. The van der Waals surface area contributed by atoms with Crippen LogP contribution in [-0.4, -0.2) is 88.3 Å². The first-order chi connectivity index (χ1) is 14.1. The van der Waals surface area contributed by atoms with E-state index in [0.29, 0.717) is 5.75 Å². The topological polar surface area (TPSA) is 214 Å². The summed E-state index contributed by atoms with van der Waals surface area (Å²) in [5.74, 6) is -3.98. The number of carbonyl (C=O) groups is 5. The lowest BCUT2D eigenvalue weighted by atomic mass is 10.1. The third-order valence-electron chi connectivity index (χ3n) is 3.89. The van der Waals surface area contributed by atoms with E-state index in [0.717, 1.165) is 0 Å². The number of carboxylic acid groups (broad SMARTS) is 1. The fourth-order valence-electron chi connectivity index (χ4n) is 2.13. The van der Waals surface area contributed by atoms with Crippen molar-refractivity contribution >= 4 is 54.0 Å². The minimum atomic E-state index is -1.43. The summed E-state index contributed by atoms with van der Waals surface area (Å²) in [5.41, 5.74) is 10.6. The first-order valence-electron chi connectivity index (χ1n) is 8.95. The molecule has 9 N–H and O–H groups in total. The Morgan fingerprint density at radius 3 is 1.97 bits per heavy atom. The number of hydrogen-bond donors (Lipinski definition) is 8. The Hall–Kier alpha value is -2.03. The van der Waals surface area contributed by atoms with Crippen molar-refractivity contribution in [2.45, 2.75) is 43.4 Å². The Morgan fingerprint density at radius 1 is 0.967 bits per heavy atom. The van der Waals surface area contributed by atoms with Crippen molar-refractivity contribution < 1.29 is 34.2 Å². The summed E-state index contributed by atoms with van der Waals surface area (Å²) >= 11 is 5.37. The SMILES string of the molecule is CSCCC(NC(=O)C(CO)NC(=O)C(CS)NC(=O)C(N)CCC(N)=O)C(=O)O. The van der Waals surface area contributed by atoms with Gasteiger partial charge in [-0.25, -0.2) is 4.79 Å². The predicted molar refractivity (Wildman–Crippen MR) is 114 cm³/mol. The number of aliphatic carboxylic acids is 1. The highest BCUT2D eigenvalue weighted by Gasteiger charge is 2.29. The van der Waals surface area contributed by atoms with E-state index in [4.69, 9.17) is 16.6 Å². The lowest BCUT2D eigenvalue weighted by Gasteiger charge is -2.23. The van der Waals surface area contributed by atoms with Gasteiger partial charge in [-0.2, -0.15) is 24.4 Å². The zero-order valence-electron chi connectivity index (χ0n) is 16.5. The highest BCUT2D eigenvalue weighted by Crippen LogP contribution is 2.02. The number of carbonyl (C=O) groups excluding carboxylic acids is 4. The molecule has 0 spiro atoms. The Kier molecular flexibility index (Phi) is 13.9. The van der Waals surface area contributed by atoms with Crippen molar-refractivity contribution in [2.24, 2.45) is 11.5 Å². The molecule has 172 valence electrons. The summed E-state index contributed by atoms with van der Waals surface area (Å²) in [7, 11) is 0. The van der Waals surface area contributed by atoms with E-state index in [1.54, 1.807) is 6.26 Å². The van der Waals surface area contributed by atoms with Crippen LogP contribution in [0.5, 0.6) is 0 Å². The first-order valence-corrected chi connectivity index (χ1v) is 11.0. The second kappa shape index (κ2) is 14.9. The van der Waals surface area contributed by atoms with E-state index in [1.165, 1.54) is 11.8 Å². The third kappa shape index (κ3) is 10.7. The van der Waals surface area contributed by atoms with Gasteiger partial charge in [0.1, 0.15) is 18.1 Å². The zero-order chi connectivity index (χ0) is 23.3. The number of primary amides is 1. The van der Waals surface area contributed by atoms with Gasteiger partial charge >= 0.3 is 5.97 Å². The Labute approximate surface area is 183 Å². The Balaban J connectivity index is 4.91. The molecule has 4 atom stereocenters. The number of aliphatic hydroxyl groups is 1. The molecule has 4 unspecified atom stereocenters. The van der Waals surface area contributed by atoms with Crippen molar-refractivity contribution in [1.29, 1.82) is 0 Å². The van der Waals surface area contributed by atoms with Crippen LogP contribution in [-0.2, 0) is 24.0 Å². The molecule has 0 heterocycles. The lowest BCUT2D eigenvalue weighted by Crippen LogP contribution is -2.58. The molecule has 0 aliphatic rings. The van der Waals surface area contributed by atoms with Crippen LogP contribution < -0.4 is 27.4 Å². The smallest absolute Gasteiger partial charge is 0.326 e. The molecule has 0 aliphatic heterocycles. The second-order valence-corrected chi connectivity index (χ2v) is 7.63. The molecular formula is C16H29N5O7S2. The minimum absolute atomic E-state index is 0.0175. The van der Waals surface area contributed by atoms with Crippen LogP contribution in [0.4, 0.5) is 0 Å². The summed E-state index contributed by atoms with van der Waals surface area (Å²) in [6.07, 6.45) is 1.81. The van der Waals surface area contributed by atoms with E-state index >= 15 is 0 Å². The molecule has 0 aromatic heterocycles. The molecule has 30 heavy (non-hydrogen) atoms. The molecule has 0 saturated heterocycles. The molecule has 14 heteroatoms. The van der Waals surface area contributed by atoms with Crippen LogP contribution in [0.15, 0.2) is 0 Å². The first kappa shape index (κ1) is 28.0. The monoisotopic (exact) mass is 467 g/mol. The highest BCUT2D eigenvalue weighted by molar-refractivity contribution is 7.98. The lowest BCUT2D eigenvalue weighted by molar-refractivity contribution is -0.142. The molecule has 0 bridgehead atoms. The van der Waals surface area contributed by atoms with Crippen LogP contribution in [0.25, 0.3) is 0 Å². The van der Waals surface area contributed by atoms with Gasteiger partial charge in [0.25, 0.3) is 0 Å². The van der Waals surface area contributed by atoms with Crippen molar-refractivity contribution in [3.63, 3.8) is 0 Å². The number of hydrogen-bond acceptors (Lipinski definition) is 9. The molecule has 0 fully saturated rings. The van der Waals surface area contributed by atoms with Crippen LogP contribution >= 0.6 is 24.4 Å². The van der Waals surface area contributed by atoms with Gasteiger partial charge < -0.3 is 37.6 Å². The van der Waals surface area contributed by atoms with Crippen LogP contribution in [0.3, 0.4) is 0 Å². The molecule has 0 rings (SSSR count). The van der Waals surface area contributed by atoms with E-state index in [-0.39, 0.29) is 25.0 Å². The molecule has 12 nitrogen and oxygen atoms in total. The quantitative estimate of drug-likeness (QED) is 0.114. The van der Waals surface area contributed by atoms with Gasteiger partial charge in [0, 0.05) is 12.2 Å². The maximum atomic E-state index is 12.4. The van der Waals surface area contributed by atoms with Gasteiger partial charge in [-0.15, -0.1) is 0 Å². The average Bonchev–Trinajstić information content (AvgIpc) is 2.70. The summed E-state index contributed by atoms with van der Waals surface area (Å²) in [4.78, 5) is 58.7. The van der Waals surface area contributed by atoms with Gasteiger partial charge in [0.15, 0.2) is 0 Å². The maximum Gasteiger partial charge on any atom is 0.326 e. The van der Waals surface area contributed by atoms with Crippen LogP contribution in [0.1, 0.15) is 19.3 Å². The molecule has 0 aliphatic carbocycles. The van der Waals surface area contributed by atoms with Crippen molar-refractivity contribution in [3.05, 3.63) is 0 Å².